The van der Waals surface area contributed by atoms with Crippen LogP contribution in [0.25, 0.3) is 0 Å². The SMILES string of the molecule is CNc1ncc(F)cc1C(=O)N(CCO)CC(F)(F)F. The van der Waals surface area contributed by atoms with Gasteiger partial charge in [0, 0.05) is 13.6 Å². The van der Waals surface area contributed by atoms with E-state index in [0.29, 0.717) is 4.90 Å². The molecule has 9 heteroatoms. The molecule has 0 fully saturated rings. The number of carbonyl (C=O) groups is 1. The van der Waals surface area contributed by atoms with Crippen molar-refractivity contribution in [2.24, 2.45) is 0 Å². The molecule has 0 atom stereocenters. The maximum absolute atomic E-state index is 13.1. The van der Waals surface area contributed by atoms with Crippen molar-refractivity contribution >= 4 is 11.7 Å². The highest BCUT2D eigenvalue weighted by molar-refractivity contribution is 5.98. The Kier molecular flexibility index (Phi) is 5.26. The smallest absolute Gasteiger partial charge is 0.395 e. The van der Waals surface area contributed by atoms with Crippen molar-refractivity contribution in [3.8, 4) is 0 Å². The predicted molar refractivity (Wildman–Crippen MR) is 62.8 cm³/mol. The molecular formula is C11H13F4N3O2. The average molecular weight is 295 g/mol. The fraction of sp³-hybridized carbons (Fsp3) is 0.455. The van der Waals surface area contributed by atoms with Crippen LogP contribution >= 0.6 is 0 Å². The van der Waals surface area contributed by atoms with Crippen molar-refractivity contribution in [1.29, 1.82) is 0 Å². The Hall–Kier alpha value is -1.90. The molecule has 0 unspecified atom stereocenters. The number of halogens is 4. The first-order valence-corrected chi connectivity index (χ1v) is 5.58. The highest BCUT2D eigenvalue weighted by Gasteiger charge is 2.34. The summed E-state index contributed by atoms with van der Waals surface area (Å²) >= 11 is 0. The Morgan fingerprint density at radius 2 is 2.15 bits per heavy atom. The number of carbonyl (C=O) groups excluding carboxylic acids is 1. The summed E-state index contributed by atoms with van der Waals surface area (Å²) in [7, 11) is 1.40. The molecule has 0 bridgehead atoms. The topological polar surface area (TPSA) is 65.5 Å². The third kappa shape index (κ3) is 4.34. The van der Waals surface area contributed by atoms with Gasteiger partial charge in [-0.2, -0.15) is 13.2 Å². The molecule has 0 aliphatic rings. The van der Waals surface area contributed by atoms with Crippen LogP contribution < -0.4 is 5.32 Å². The molecule has 112 valence electrons. The van der Waals surface area contributed by atoms with Crippen molar-refractivity contribution in [1.82, 2.24) is 9.88 Å². The molecule has 1 aromatic rings. The second kappa shape index (κ2) is 6.51. The molecule has 0 saturated heterocycles. The number of hydrogen-bond donors (Lipinski definition) is 2. The molecule has 1 heterocycles. The van der Waals surface area contributed by atoms with Gasteiger partial charge in [-0.1, -0.05) is 0 Å². The van der Waals surface area contributed by atoms with Crippen molar-refractivity contribution < 1.29 is 27.5 Å². The summed E-state index contributed by atoms with van der Waals surface area (Å²) in [6.07, 6.45) is -3.78. The zero-order chi connectivity index (χ0) is 15.3. The molecule has 2 N–H and O–H groups in total. The fourth-order valence-corrected chi connectivity index (χ4v) is 1.56. The van der Waals surface area contributed by atoms with E-state index in [9.17, 15) is 22.4 Å². The Morgan fingerprint density at radius 1 is 1.50 bits per heavy atom. The number of nitrogens with one attached hydrogen (secondary N) is 1. The van der Waals surface area contributed by atoms with Crippen LogP contribution in [0.2, 0.25) is 0 Å². The first kappa shape index (κ1) is 16.2. The normalized spacial score (nSPS) is 11.3. The molecule has 0 saturated carbocycles. The summed E-state index contributed by atoms with van der Waals surface area (Å²) in [5, 5.41) is 11.2. The van der Waals surface area contributed by atoms with E-state index in [-0.39, 0.29) is 11.4 Å². The van der Waals surface area contributed by atoms with E-state index in [4.69, 9.17) is 5.11 Å². The number of aliphatic hydroxyl groups excluding tert-OH is 1. The molecule has 0 aliphatic heterocycles. The van der Waals surface area contributed by atoms with Crippen LogP contribution in [0, 0.1) is 5.82 Å². The van der Waals surface area contributed by atoms with E-state index in [1.165, 1.54) is 7.05 Å². The maximum atomic E-state index is 13.1. The van der Waals surface area contributed by atoms with Gasteiger partial charge in [0.25, 0.3) is 5.91 Å². The van der Waals surface area contributed by atoms with Gasteiger partial charge in [-0.15, -0.1) is 0 Å². The van der Waals surface area contributed by atoms with E-state index < -0.39 is 37.6 Å². The zero-order valence-corrected chi connectivity index (χ0v) is 10.5. The van der Waals surface area contributed by atoms with Gasteiger partial charge < -0.3 is 15.3 Å². The number of hydrogen-bond acceptors (Lipinski definition) is 4. The lowest BCUT2D eigenvalue weighted by Crippen LogP contribution is -2.41. The van der Waals surface area contributed by atoms with E-state index in [1.807, 2.05) is 0 Å². The largest absolute Gasteiger partial charge is 0.406 e. The van der Waals surface area contributed by atoms with Gasteiger partial charge >= 0.3 is 6.18 Å². The van der Waals surface area contributed by atoms with Gasteiger partial charge in [0.15, 0.2) is 0 Å². The lowest BCUT2D eigenvalue weighted by molar-refractivity contribution is -0.141. The standard InChI is InChI=1S/C11H13F4N3O2/c1-16-9-8(4-7(12)5-17-9)10(20)18(2-3-19)6-11(13,14)15/h4-5,19H,2-3,6H2,1H3,(H,16,17). The van der Waals surface area contributed by atoms with E-state index >= 15 is 0 Å². The minimum atomic E-state index is -4.62. The summed E-state index contributed by atoms with van der Waals surface area (Å²) < 4.78 is 50.3. The van der Waals surface area contributed by atoms with Crippen molar-refractivity contribution in [3.63, 3.8) is 0 Å². The molecule has 1 rings (SSSR count). The molecular weight excluding hydrogens is 282 g/mol. The van der Waals surface area contributed by atoms with Gasteiger partial charge in [0.1, 0.15) is 18.2 Å². The monoisotopic (exact) mass is 295 g/mol. The number of anilines is 1. The lowest BCUT2D eigenvalue weighted by Gasteiger charge is -2.23. The zero-order valence-electron chi connectivity index (χ0n) is 10.5. The Labute approximate surface area is 112 Å². The fourth-order valence-electron chi connectivity index (χ4n) is 1.56. The predicted octanol–water partition coefficient (Wildman–Crippen LogP) is 1.26. The molecule has 5 nitrogen and oxygen atoms in total. The van der Waals surface area contributed by atoms with Crippen molar-refractivity contribution in [3.05, 3.63) is 23.6 Å². The molecule has 1 amide bonds. The number of amides is 1. The summed E-state index contributed by atoms with van der Waals surface area (Å²) in [4.78, 5) is 16.0. The Bertz CT molecular complexity index is 479. The number of pyridine rings is 1. The molecule has 0 aromatic carbocycles. The maximum Gasteiger partial charge on any atom is 0.406 e. The molecule has 0 spiro atoms. The van der Waals surface area contributed by atoms with Gasteiger partial charge in [0.2, 0.25) is 0 Å². The van der Waals surface area contributed by atoms with Crippen LogP contribution in [0.1, 0.15) is 10.4 Å². The second-order valence-corrected chi connectivity index (χ2v) is 3.87. The summed E-state index contributed by atoms with van der Waals surface area (Å²) in [5.74, 6) is -1.95. The average Bonchev–Trinajstić information content (AvgIpc) is 2.36. The van der Waals surface area contributed by atoms with Crippen molar-refractivity contribution in [2.75, 3.05) is 32.1 Å². The number of aromatic nitrogens is 1. The third-order valence-electron chi connectivity index (χ3n) is 2.35. The van der Waals surface area contributed by atoms with Crippen LogP contribution in [0.15, 0.2) is 12.3 Å². The molecule has 1 aromatic heterocycles. The minimum absolute atomic E-state index is 0.0403. The van der Waals surface area contributed by atoms with E-state index in [1.54, 1.807) is 0 Å². The quantitative estimate of drug-likeness (QED) is 0.803. The second-order valence-electron chi connectivity index (χ2n) is 3.87. The van der Waals surface area contributed by atoms with Gasteiger partial charge in [-0.05, 0) is 6.07 Å². The van der Waals surface area contributed by atoms with Crippen LogP contribution in [-0.4, -0.2) is 53.8 Å². The number of aliphatic hydroxyl groups is 1. The first-order valence-electron chi connectivity index (χ1n) is 5.58. The van der Waals surface area contributed by atoms with Gasteiger partial charge in [0.05, 0.1) is 18.4 Å². The van der Waals surface area contributed by atoms with Crippen LogP contribution in [0.4, 0.5) is 23.4 Å². The Morgan fingerprint density at radius 3 is 2.65 bits per heavy atom. The third-order valence-corrected chi connectivity index (χ3v) is 2.35. The Balaban J connectivity index is 3.08. The number of alkyl halides is 3. The summed E-state index contributed by atoms with van der Waals surface area (Å²) in [5.41, 5.74) is -0.329. The van der Waals surface area contributed by atoms with Crippen LogP contribution in [-0.2, 0) is 0 Å². The van der Waals surface area contributed by atoms with E-state index in [0.717, 1.165) is 12.3 Å². The van der Waals surface area contributed by atoms with Crippen LogP contribution in [0.3, 0.4) is 0 Å². The van der Waals surface area contributed by atoms with Gasteiger partial charge in [-0.3, -0.25) is 4.79 Å². The lowest BCUT2D eigenvalue weighted by atomic mass is 10.2. The summed E-state index contributed by atoms with van der Waals surface area (Å²) in [6, 6.07) is 0.794. The summed E-state index contributed by atoms with van der Waals surface area (Å²) in [6.45, 7) is -2.69. The molecule has 20 heavy (non-hydrogen) atoms. The van der Waals surface area contributed by atoms with Crippen LogP contribution in [0.5, 0.6) is 0 Å². The van der Waals surface area contributed by atoms with Gasteiger partial charge in [-0.25, -0.2) is 9.37 Å². The van der Waals surface area contributed by atoms with Crippen molar-refractivity contribution in [2.45, 2.75) is 6.18 Å². The molecule has 0 aliphatic carbocycles. The minimum Gasteiger partial charge on any atom is -0.395 e. The molecule has 0 radical (unpaired) electrons. The number of nitrogens with zero attached hydrogens (tertiary/aromatic N) is 2. The number of rotatable bonds is 5. The first-order chi connectivity index (χ1) is 9.28. The van der Waals surface area contributed by atoms with E-state index in [2.05, 4.69) is 10.3 Å². The highest BCUT2D eigenvalue weighted by Crippen LogP contribution is 2.20. The highest BCUT2D eigenvalue weighted by atomic mass is 19.4.